The van der Waals surface area contributed by atoms with Gasteiger partial charge in [0.1, 0.15) is 0 Å². The summed E-state index contributed by atoms with van der Waals surface area (Å²) in [6.07, 6.45) is 3.59. The van der Waals surface area contributed by atoms with Crippen molar-refractivity contribution >= 4 is 48.3 Å². The molecule has 1 saturated heterocycles. The molecule has 0 aliphatic carbocycles. The van der Waals surface area contributed by atoms with Gasteiger partial charge in [0.15, 0.2) is 0 Å². The van der Waals surface area contributed by atoms with Crippen LogP contribution in [0.4, 0.5) is 0 Å². The smallest absolute Gasteiger partial charge is 0.268 e. The first kappa shape index (κ1) is 18.8. The van der Waals surface area contributed by atoms with Gasteiger partial charge in [-0.05, 0) is 59.7 Å². The molecule has 1 amide bonds. The fourth-order valence-corrected chi connectivity index (χ4v) is 5.74. The summed E-state index contributed by atoms with van der Waals surface area (Å²) < 4.78 is 43.6. The number of carbonyl (C=O) groups excluding carboxylic acids is 1. The molecule has 1 heterocycles. The van der Waals surface area contributed by atoms with Crippen LogP contribution >= 0.6 is 22.6 Å². The van der Waals surface area contributed by atoms with Crippen molar-refractivity contribution in [3.8, 4) is 0 Å². The third kappa shape index (κ3) is 5.80. The van der Waals surface area contributed by atoms with E-state index in [0.717, 1.165) is 29.3 Å². The molecule has 0 unspecified atom stereocenters. The van der Waals surface area contributed by atoms with E-state index in [4.69, 9.17) is 0 Å². The van der Waals surface area contributed by atoms with Crippen LogP contribution in [0.1, 0.15) is 25.7 Å². The Bertz CT molecular complexity index is 768. The van der Waals surface area contributed by atoms with E-state index >= 15 is 0 Å². The van der Waals surface area contributed by atoms with Gasteiger partial charge in [0.2, 0.25) is 10.0 Å². The molecule has 0 bridgehead atoms. The molecule has 128 valence electrons. The largest absolute Gasteiger partial charge is 0.270 e. The first-order valence-electron chi connectivity index (χ1n) is 7.31. The van der Waals surface area contributed by atoms with E-state index in [0.29, 0.717) is 11.5 Å². The Kier molecular flexibility index (Phi) is 6.57. The highest BCUT2D eigenvalue weighted by Gasteiger charge is 2.18. The average Bonchev–Trinajstić information content (AvgIpc) is 2.70. The Labute approximate surface area is 150 Å². The standard InChI is InChI=1S/C14H19IN2O4S2/c15-12-5-7-13(8-6-12)23(20,21)16-11-14(18)17-22(19)9-3-1-2-4-10-22/h5-8,16H,1-4,9-11H2. The number of nitrogens with zero attached hydrogens (tertiary/aromatic N) is 1. The molecule has 0 saturated carbocycles. The lowest BCUT2D eigenvalue weighted by molar-refractivity contribution is -0.116. The van der Waals surface area contributed by atoms with Gasteiger partial charge in [0.05, 0.1) is 21.2 Å². The topological polar surface area (TPSA) is 92.7 Å². The van der Waals surface area contributed by atoms with Crippen LogP contribution in [0.5, 0.6) is 0 Å². The monoisotopic (exact) mass is 470 g/mol. The van der Waals surface area contributed by atoms with Crippen molar-refractivity contribution in [1.82, 2.24) is 4.72 Å². The minimum absolute atomic E-state index is 0.0874. The minimum Gasteiger partial charge on any atom is -0.270 e. The van der Waals surface area contributed by atoms with Crippen molar-refractivity contribution in [2.24, 2.45) is 4.36 Å². The van der Waals surface area contributed by atoms with E-state index in [1.54, 1.807) is 12.1 Å². The number of amides is 1. The summed E-state index contributed by atoms with van der Waals surface area (Å²) in [5.74, 6) is 0.164. The second-order valence-corrected chi connectivity index (χ2v) is 10.9. The summed E-state index contributed by atoms with van der Waals surface area (Å²) in [5.41, 5.74) is 0. The zero-order valence-corrected chi connectivity index (χ0v) is 16.3. The number of carbonyl (C=O) groups is 1. The highest BCUT2D eigenvalue weighted by atomic mass is 127. The molecule has 0 aromatic heterocycles. The van der Waals surface area contributed by atoms with Gasteiger partial charge < -0.3 is 0 Å². The van der Waals surface area contributed by atoms with E-state index in [1.807, 2.05) is 0 Å². The SMILES string of the molecule is O=C(CNS(=O)(=O)c1ccc(I)cc1)N=S1(=O)CCCCCC1. The average molecular weight is 470 g/mol. The van der Waals surface area contributed by atoms with Crippen LogP contribution < -0.4 is 4.72 Å². The van der Waals surface area contributed by atoms with Crippen LogP contribution in [-0.4, -0.2) is 36.6 Å². The van der Waals surface area contributed by atoms with Gasteiger partial charge in [-0.25, -0.2) is 17.3 Å². The van der Waals surface area contributed by atoms with Gasteiger partial charge in [-0.1, -0.05) is 12.8 Å². The second kappa shape index (κ2) is 8.04. The van der Waals surface area contributed by atoms with Crippen LogP contribution in [0.3, 0.4) is 0 Å². The molecule has 1 aliphatic heterocycles. The van der Waals surface area contributed by atoms with Crippen molar-refractivity contribution in [3.63, 3.8) is 0 Å². The van der Waals surface area contributed by atoms with Crippen molar-refractivity contribution in [2.75, 3.05) is 18.1 Å². The molecule has 1 fully saturated rings. The Balaban J connectivity index is 2.03. The van der Waals surface area contributed by atoms with Crippen molar-refractivity contribution in [3.05, 3.63) is 27.8 Å². The maximum Gasteiger partial charge on any atom is 0.268 e. The zero-order valence-electron chi connectivity index (χ0n) is 12.5. The van der Waals surface area contributed by atoms with E-state index < -0.39 is 32.2 Å². The lowest BCUT2D eigenvalue weighted by atomic mass is 10.2. The van der Waals surface area contributed by atoms with Crippen LogP contribution in [0, 0.1) is 3.57 Å². The first-order chi connectivity index (χ1) is 10.8. The van der Waals surface area contributed by atoms with Gasteiger partial charge >= 0.3 is 0 Å². The van der Waals surface area contributed by atoms with E-state index in [-0.39, 0.29) is 4.90 Å². The fourth-order valence-electron chi connectivity index (χ4n) is 2.27. The number of nitrogens with one attached hydrogen (secondary N) is 1. The van der Waals surface area contributed by atoms with Crippen LogP contribution in [0.15, 0.2) is 33.5 Å². The highest BCUT2D eigenvalue weighted by molar-refractivity contribution is 14.1. The number of benzene rings is 1. The van der Waals surface area contributed by atoms with Crippen molar-refractivity contribution in [2.45, 2.75) is 30.6 Å². The Morgan fingerprint density at radius 2 is 1.70 bits per heavy atom. The summed E-state index contributed by atoms with van der Waals surface area (Å²) in [5, 5.41) is 0. The van der Waals surface area contributed by atoms with Gasteiger partial charge in [-0.15, -0.1) is 0 Å². The normalized spacial score (nSPS) is 18.1. The number of hydrogen-bond acceptors (Lipinski definition) is 4. The van der Waals surface area contributed by atoms with E-state index in [1.165, 1.54) is 12.1 Å². The predicted molar refractivity (Wildman–Crippen MR) is 98.1 cm³/mol. The Morgan fingerprint density at radius 1 is 1.13 bits per heavy atom. The van der Waals surface area contributed by atoms with Crippen LogP contribution in [0.25, 0.3) is 0 Å². The fraction of sp³-hybridized carbons (Fsp3) is 0.500. The molecule has 9 heteroatoms. The van der Waals surface area contributed by atoms with E-state index in [9.17, 15) is 17.4 Å². The molecule has 1 aliphatic rings. The molecule has 0 spiro atoms. The molecule has 0 atom stereocenters. The van der Waals surface area contributed by atoms with Crippen LogP contribution in [-0.2, 0) is 24.5 Å². The third-order valence-corrected chi connectivity index (χ3v) is 8.01. The zero-order chi connectivity index (χ0) is 16.9. The van der Waals surface area contributed by atoms with E-state index in [2.05, 4.69) is 31.7 Å². The maximum atomic E-state index is 12.5. The van der Waals surface area contributed by atoms with Gasteiger partial charge in [0.25, 0.3) is 5.91 Å². The maximum absolute atomic E-state index is 12.5. The quantitative estimate of drug-likeness (QED) is 0.683. The molecule has 1 aromatic carbocycles. The molecule has 2 rings (SSSR count). The summed E-state index contributed by atoms with van der Waals surface area (Å²) in [4.78, 5) is 12.0. The molecule has 6 nitrogen and oxygen atoms in total. The third-order valence-electron chi connectivity index (χ3n) is 3.48. The number of hydrogen-bond donors (Lipinski definition) is 1. The molecule has 0 radical (unpaired) electrons. The highest BCUT2D eigenvalue weighted by Crippen LogP contribution is 2.14. The van der Waals surface area contributed by atoms with Gasteiger partial charge in [-0.2, -0.15) is 4.36 Å². The lowest BCUT2D eigenvalue weighted by Gasteiger charge is -2.07. The van der Waals surface area contributed by atoms with Crippen LogP contribution in [0.2, 0.25) is 0 Å². The van der Waals surface area contributed by atoms with Crippen molar-refractivity contribution < 1.29 is 17.4 Å². The second-order valence-electron chi connectivity index (χ2n) is 5.36. The molecule has 23 heavy (non-hydrogen) atoms. The van der Waals surface area contributed by atoms with Gasteiger partial charge in [0, 0.05) is 15.1 Å². The number of halogens is 1. The Morgan fingerprint density at radius 3 is 2.26 bits per heavy atom. The molecular weight excluding hydrogens is 451 g/mol. The summed E-state index contributed by atoms with van der Waals surface area (Å²) in [6.45, 7) is -0.467. The molecular formula is C14H19IN2O4S2. The number of sulfonamides is 1. The first-order valence-corrected chi connectivity index (χ1v) is 11.7. The molecule has 1 aromatic rings. The molecule has 1 N–H and O–H groups in total. The predicted octanol–water partition coefficient (Wildman–Crippen LogP) is 2.14. The van der Waals surface area contributed by atoms with Gasteiger partial charge in [-0.3, -0.25) is 4.79 Å². The summed E-state index contributed by atoms with van der Waals surface area (Å²) in [7, 11) is -6.29. The lowest BCUT2D eigenvalue weighted by Crippen LogP contribution is -2.29. The number of rotatable bonds is 4. The van der Waals surface area contributed by atoms with Crippen molar-refractivity contribution in [1.29, 1.82) is 0 Å². The summed E-state index contributed by atoms with van der Waals surface area (Å²) in [6, 6.07) is 6.28. The summed E-state index contributed by atoms with van der Waals surface area (Å²) >= 11 is 2.08. The Hall–Kier alpha value is -0.520. The minimum atomic E-state index is -3.77.